The number of amides is 1. The zero-order chi connectivity index (χ0) is 20.5. The molecule has 3 aliphatic rings. The molecule has 0 spiro atoms. The van der Waals surface area contributed by atoms with E-state index in [4.69, 9.17) is 4.84 Å². The average molecular weight is 396 g/mol. The molecule has 3 unspecified atom stereocenters. The van der Waals surface area contributed by atoms with Crippen molar-refractivity contribution in [1.82, 2.24) is 15.0 Å². The van der Waals surface area contributed by atoms with Gasteiger partial charge < -0.3 is 10.1 Å². The molecule has 3 aliphatic heterocycles. The Kier molecular flexibility index (Phi) is 6.75. The summed E-state index contributed by atoms with van der Waals surface area (Å²) >= 11 is 0. The molecule has 0 aromatic carbocycles. The Bertz CT molecular complexity index is 542. The fourth-order valence-corrected chi connectivity index (χ4v) is 4.76. The number of hydrogen-bond donors (Lipinski definition) is 1. The average Bonchev–Trinajstić information content (AvgIpc) is 2.57. The van der Waals surface area contributed by atoms with Crippen LogP contribution in [0.25, 0.3) is 0 Å². The molecule has 6 nitrogen and oxygen atoms in total. The lowest BCUT2D eigenvalue weighted by Gasteiger charge is -2.45. The first kappa shape index (κ1) is 22.0. The Morgan fingerprint density at radius 1 is 1.00 bits per heavy atom. The molecule has 0 aromatic heterocycles. The molecule has 3 fully saturated rings. The van der Waals surface area contributed by atoms with Crippen LogP contribution >= 0.6 is 0 Å². The van der Waals surface area contributed by atoms with Gasteiger partial charge in [0, 0.05) is 39.3 Å². The lowest BCUT2D eigenvalue weighted by molar-refractivity contribution is -0.218. The Hall–Kier alpha value is -0.690. The van der Waals surface area contributed by atoms with Gasteiger partial charge in [-0.3, -0.25) is 9.63 Å². The van der Waals surface area contributed by atoms with E-state index in [1.54, 1.807) is 0 Å². The highest BCUT2D eigenvalue weighted by atomic mass is 16.7. The topological polar surface area (TPSA) is 56.2 Å². The number of piperidine rings is 2. The highest BCUT2D eigenvalue weighted by Crippen LogP contribution is 2.38. The minimum atomic E-state index is -0.0939. The maximum absolute atomic E-state index is 12.7. The van der Waals surface area contributed by atoms with Gasteiger partial charge in [0.05, 0.1) is 12.5 Å². The first-order chi connectivity index (χ1) is 13.1. The maximum Gasteiger partial charge on any atom is 0.227 e. The van der Waals surface area contributed by atoms with Gasteiger partial charge in [0.2, 0.25) is 5.91 Å². The standard InChI is InChI=1S/C22H41N3O3/c1-21(2,3)18-8-6-11-25(15-18)28-16-22(4,5)19-12-17(13-24(27)14-19)20(26)23-9-7-10-23/h17-19,27H,6-16H2,1-5H3. The van der Waals surface area contributed by atoms with Crippen molar-refractivity contribution >= 4 is 5.91 Å². The number of hydroxylamine groups is 4. The molecule has 0 aliphatic carbocycles. The molecular weight excluding hydrogens is 354 g/mol. The summed E-state index contributed by atoms with van der Waals surface area (Å²) < 4.78 is 0. The van der Waals surface area contributed by atoms with Crippen molar-refractivity contribution in [3.05, 3.63) is 0 Å². The van der Waals surface area contributed by atoms with Crippen LogP contribution in [-0.2, 0) is 9.63 Å². The number of rotatable bonds is 5. The molecule has 3 atom stereocenters. The van der Waals surface area contributed by atoms with E-state index >= 15 is 0 Å². The van der Waals surface area contributed by atoms with Gasteiger partial charge in [-0.1, -0.05) is 34.6 Å². The van der Waals surface area contributed by atoms with Gasteiger partial charge in [0.25, 0.3) is 0 Å². The lowest BCUT2D eigenvalue weighted by atomic mass is 9.72. The molecule has 0 radical (unpaired) electrons. The number of nitrogens with zero attached hydrogens (tertiary/aromatic N) is 3. The minimum absolute atomic E-state index is 0.0937. The van der Waals surface area contributed by atoms with E-state index in [0.29, 0.717) is 31.0 Å². The van der Waals surface area contributed by atoms with Crippen LogP contribution in [0.15, 0.2) is 0 Å². The molecule has 3 heterocycles. The van der Waals surface area contributed by atoms with Gasteiger partial charge in [0.15, 0.2) is 0 Å². The van der Waals surface area contributed by atoms with Gasteiger partial charge in [0.1, 0.15) is 0 Å². The summed E-state index contributed by atoms with van der Waals surface area (Å²) in [7, 11) is 0. The number of hydrogen-bond acceptors (Lipinski definition) is 5. The monoisotopic (exact) mass is 395 g/mol. The van der Waals surface area contributed by atoms with E-state index in [1.165, 1.54) is 17.9 Å². The summed E-state index contributed by atoms with van der Waals surface area (Å²) in [6.45, 7) is 16.8. The van der Waals surface area contributed by atoms with Crippen molar-refractivity contribution < 1.29 is 14.8 Å². The zero-order valence-electron chi connectivity index (χ0n) is 18.6. The van der Waals surface area contributed by atoms with E-state index in [1.807, 2.05) is 4.90 Å². The second kappa shape index (κ2) is 8.58. The van der Waals surface area contributed by atoms with Crippen LogP contribution in [0.4, 0.5) is 0 Å². The Morgan fingerprint density at radius 2 is 1.71 bits per heavy atom. The maximum atomic E-state index is 12.7. The molecule has 3 rings (SSSR count). The van der Waals surface area contributed by atoms with Crippen molar-refractivity contribution in [3.63, 3.8) is 0 Å². The van der Waals surface area contributed by atoms with Crippen LogP contribution in [0.5, 0.6) is 0 Å². The fourth-order valence-electron chi connectivity index (χ4n) is 4.76. The second-order valence-electron chi connectivity index (χ2n) is 11.0. The fraction of sp³-hybridized carbons (Fsp3) is 0.955. The zero-order valence-corrected chi connectivity index (χ0v) is 18.6. The number of carbonyl (C=O) groups is 1. The largest absolute Gasteiger partial charge is 0.342 e. The molecule has 0 bridgehead atoms. The predicted molar refractivity (Wildman–Crippen MR) is 110 cm³/mol. The Labute approximate surface area is 171 Å². The van der Waals surface area contributed by atoms with Crippen LogP contribution in [0.1, 0.15) is 60.3 Å². The molecule has 3 saturated heterocycles. The van der Waals surface area contributed by atoms with Crippen LogP contribution in [0.3, 0.4) is 0 Å². The Morgan fingerprint density at radius 3 is 2.32 bits per heavy atom. The molecule has 0 aromatic rings. The molecule has 1 N–H and O–H groups in total. The molecule has 0 saturated carbocycles. The first-order valence-corrected chi connectivity index (χ1v) is 11.2. The molecule has 28 heavy (non-hydrogen) atoms. The SMILES string of the molecule is CC(C)(C)C1CCCN(OCC(C)(C)C2CC(C(=O)N3CCC3)CN(O)C2)C1. The highest BCUT2D eigenvalue weighted by Gasteiger charge is 2.41. The third-order valence-corrected chi connectivity index (χ3v) is 7.28. The second-order valence-corrected chi connectivity index (χ2v) is 11.0. The number of likely N-dealkylation sites (tertiary alicyclic amines) is 1. The Balaban J connectivity index is 1.54. The molecule has 1 amide bonds. The van der Waals surface area contributed by atoms with E-state index in [9.17, 15) is 10.0 Å². The van der Waals surface area contributed by atoms with Crippen LogP contribution in [0, 0.1) is 28.6 Å². The minimum Gasteiger partial charge on any atom is -0.342 e. The van der Waals surface area contributed by atoms with Crippen molar-refractivity contribution in [2.75, 3.05) is 45.9 Å². The van der Waals surface area contributed by atoms with Gasteiger partial charge in [-0.2, -0.15) is 10.1 Å². The third kappa shape index (κ3) is 5.26. The molecule has 6 heteroatoms. The van der Waals surface area contributed by atoms with Crippen LogP contribution in [0.2, 0.25) is 0 Å². The summed E-state index contributed by atoms with van der Waals surface area (Å²) in [6, 6.07) is 0. The van der Waals surface area contributed by atoms with Gasteiger partial charge in [-0.25, -0.2) is 0 Å². The van der Waals surface area contributed by atoms with E-state index in [0.717, 1.165) is 39.0 Å². The van der Waals surface area contributed by atoms with Gasteiger partial charge in [-0.15, -0.1) is 0 Å². The van der Waals surface area contributed by atoms with Crippen molar-refractivity contribution in [1.29, 1.82) is 0 Å². The van der Waals surface area contributed by atoms with Gasteiger partial charge in [-0.05, 0) is 48.3 Å². The lowest BCUT2D eigenvalue weighted by Crippen LogP contribution is -2.53. The first-order valence-electron chi connectivity index (χ1n) is 11.2. The van der Waals surface area contributed by atoms with Crippen molar-refractivity contribution in [3.8, 4) is 0 Å². The predicted octanol–water partition coefficient (Wildman–Crippen LogP) is 3.26. The molecular formula is C22H41N3O3. The quantitative estimate of drug-likeness (QED) is 0.774. The summed E-state index contributed by atoms with van der Waals surface area (Å²) in [5.74, 6) is 1.02. The number of carbonyl (C=O) groups excluding carboxylic acids is 1. The van der Waals surface area contributed by atoms with Crippen molar-refractivity contribution in [2.24, 2.45) is 28.6 Å². The highest BCUT2D eigenvalue weighted by molar-refractivity contribution is 5.79. The van der Waals surface area contributed by atoms with Crippen LogP contribution in [-0.4, -0.2) is 72.0 Å². The van der Waals surface area contributed by atoms with E-state index in [2.05, 4.69) is 39.7 Å². The van der Waals surface area contributed by atoms with Crippen LogP contribution < -0.4 is 0 Å². The van der Waals surface area contributed by atoms with E-state index in [-0.39, 0.29) is 23.2 Å². The summed E-state index contributed by atoms with van der Waals surface area (Å²) in [6.07, 6.45) is 4.40. The third-order valence-electron chi connectivity index (χ3n) is 7.28. The summed E-state index contributed by atoms with van der Waals surface area (Å²) in [5.41, 5.74) is 0.215. The molecule has 162 valence electrons. The smallest absolute Gasteiger partial charge is 0.227 e. The summed E-state index contributed by atoms with van der Waals surface area (Å²) in [4.78, 5) is 20.9. The van der Waals surface area contributed by atoms with Gasteiger partial charge >= 0.3 is 0 Å². The van der Waals surface area contributed by atoms with Crippen molar-refractivity contribution in [2.45, 2.75) is 60.3 Å². The summed E-state index contributed by atoms with van der Waals surface area (Å²) in [5, 5.41) is 13.8. The van der Waals surface area contributed by atoms with E-state index < -0.39 is 0 Å². The normalized spacial score (nSPS) is 30.9.